The molecule has 0 aliphatic carbocycles. The van der Waals surface area contributed by atoms with Crippen molar-refractivity contribution in [3.8, 4) is 0 Å². The number of halogens is 3. The fraction of sp³-hybridized carbons (Fsp3) is 0.571. The molecule has 0 amide bonds. The van der Waals surface area contributed by atoms with Gasteiger partial charge in [-0.15, -0.1) is 0 Å². The van der Waals surface area contributed by atoms with Crippen molar-refractivity contribution in [3.05, 3.63) is 33.6 Å². The van der Waals surface area contributed by atoms with Gasteiger partial charge in [-0.25, -0.2) is 4.39 Å². The van der Waals surface area contributed by atoms with Gasteiger partial charge in [0, 0.05) is 22.7 Å². The summed E-state index contributed by atoms with van der Waals surface area (Å²) in [5.41, 5.74) is 0.646. The Morgan fingerprint density at radius 1 is 1.28 bits per heavy atom. The minimum atomic E-state index is -0.423. The molecule has 0 aromatic heterocycles. The van der Waals surface area contributed by atoms with Gasteiger partial charge in [-0.05, 0) is 31.9 Å². The molecule has 4 heteroatoms. The smallest absolute Gasteiger partial charge is 0.142 e. The van der Waals surface area contributed by atoms with Crippen LogP contribution in [0.3, 0.4) is 0 Å². The zero-order valence-electron chi connectivity index (χ0n) is 11.1. The summed E-state index contributed by atoms with van der Waals surface area (Å²) in [6, 6.07) is 3.19. The third kappa shape index (κ3) is 3.84. The molecule has 0 saturated heterocycles. The SMILES string of the molecule is CCCC(CC)NC(C)c1c(Cl)ccc(F)c1Cl. The first-order chi connectivity index (χ1) is 8.51. The maximum absolute atomic E-state index is 13.5. The molecule has 0 aliphatic heterocycles. The van der Waals surface area contributed by atoms with Gasteiger partial charge in [-0.3, -0.25) is 0 Å². The van der Waals surface area contributed by atoms with E-state index in [1.807, 2.05) is 6.92 Å². The molecule has 1 aromatic rings. The second-order valence-electron chi connectivity index (χ2n) is 4.54. The van der Waals surface area contributed by atoms with E-state index in [1.165, 1.54) is 6.07 Å². The van der Waals surface area contributed by atoms with Crippen molar-refractivity contribution in [1.82, 2.24) is 5.32 Å². The first-order valence-corrected chi connectivity index (χ1v) is 7.16. The highest BCUT2D eigenvalue weighted by Crippen LogP contribution is 2.32. The molecule has 1 rings (SSSR count). The Bertz CT molecular complexity index is 396. The predicted molar refractivity (Wildman–Crippen MR) is 77.0 cm³/mol. The Kier molecular flexibility index (Phi) is 6.40. The zero-order valence-corrected chi connectivity index (χ0v) is 12.6. The topological polar surface area (TPSA) is 12.0 Å². The van der Waals surface area contributed by atoms with Crippen LogP contribution < -0.4 is 5.32 Å². The molecule has 2 unspecified atom stereocenters. The number of rotatable bonds is 6. The van der Waals surface area contributed by atoms with E-state index in [-0.39, 0.29) is 11.1 Å². The Morgan fingerprint density at radius 3 is 2.50 bits per heavy atom. The van der Waals surface area contributed by atoms with Crippen LogP contribution in [0.15, 0.2) is 12.1 Å². The number of hydrogen-bond acceptors (Lipinski definition) is 1. The minimum Gasteiger partial charge on any atom is -0.307 e. The third-order valence-electron chi connectivity index (χ3n) is 3.13. The van der Waals surface area contributed by atoms with E-state index in [4.69, 9.17) is 23.2 Å². The van der Waals surface area contributed by atoms with Crippen LogP contribution in [0.25, 0.3) is 0 Å². The van der Waals surface area contributed by atoms with Crippen LogP contribution in [0.1, 0.15) is 51.6 Å². The normalized spacial score (nSPS) is 14.6. The molecule has 18 heavy (non-hydrogen) atoms. The molecular formula is C14H20Cl2FN. The predicted octanol–water partition coefficient (Wildman–Crippen LogP) is 5.36. The van der Waals surface area contributed by atoms with Gasteiger partial charge < -0.3 is 5.32 Å². The molecule has 0 radical (unpaired) electrons. The average molecular weight is 292 g/mol. The summed E-state index contributed by atoms with van der Waals surface area (Å²) in [4.78, 5) is 0. The Labute approximate surface area is 119 Å². The summed E-state index contributed by atoms with van der Waals surface area (Å²) in [5.74, 6) is -0.423. The summed E-state index contributed by atoms with van der Waals surface area (Å²) < 4.78 is 13.5. The largest absolute Gasteiger partial charge is 0.307 e. The van der Waals surface area contributed by atoms with Crippen LogP contribution in [0.5, 0.6) is 0 Å². The molecule has 0 fully saturated rings. The Morgan fingerprint density at radius 2 is 1.94 bits per heavy atom. The molecule has 0 bridgehead atoms. The summed E-state index contributed by atoms with van der Waals surface area (Å²) in [6.07, 6.45) is 3.23. The van der Waals surface area contributed by atoms with Crippen LogP contribution >= 0.6 is 23.2 Å². The lowest BCUT2D eigenvalue weighted by molar-refractivity contribution is 0.416. The van der Waals surface area contributed by atoms with Crippen molar-refractivity contribution < 1.29 is 4.39 Å². The second kappa shape index (κ2) is 7.32. The second-order valence-corrected chi connectivity index (χ2v) is 5.32. The van der Waals surface area contributed by atoms with Gasteiger partial charge in [-0.1, -0.05) is 43.5 Å². The lowest BCUT2D eigenvalue weighted by Crippen LogP contribution is -2.31. The number of benzene rings is 1. The number of nitrogens with one attached hydrogen (secondary N) is 1. The quantitative estimate of drug-likeness (QED) is 0.696. The van der Waals surface area contributed by atoms with Gasteiger partial charge in [-0.2, -0.15) is 0 Å². The first-order valence-electron chi connectivity index (χ1n) is 6.40. The van der Waals surface area contributed by atoms with E-state index in [2.05, 4.69) is 19.2 Å². The standard InChI is InChI=1S/C14H20Cl2FN/c1-4-6-10(5-2)18-9(3)13-11(15)7-8-12(17)14(13)16/h7-10,18H,4-6H2,1-3H3. The highest BCUT2D eigenvalue weighted by atomic mass is 35.5. The highest BCUT2D eigenvalue weighted by Gasteiger charge is 2.19. The van der Waals surface area contributed by atoms with Crippen molar-refractivity contribution in [2.45, 2.75) is 52.1 Å². The average Bonchev–Trinajstić information content (AvgIpc) is 2.34. The summed E-state index contributed by atoms with van der Waals surface area (Å²) >= 11 is 12.1. The van der Waals surface area contributed by atoms with Gasteiger partial charge in [0.05, 0.1) is 5.02 Å². The Balaban J connectivity index is 2.89. The van der Waals surface area contributed by atoms with Crippen molar-refractivity contribution >= 4 is 23.2 Å². The van der Waals surface area contributed by atoms with Gasteiger partial charge in [0.1, 0.15) is 5.82 Å². The minimum absolute atomic E-state index is 0.0581. The van der Waals surface area contributed by atoms with E-state index in [1.54, 1.807) is 6.07 Å². The summed E-state index contributed by atoms with van der Waals surface area (Å²) in [7, 11) is 0. The van der Waals surface area contributed by atoms with Gasteiger partial charge in [0.15, 0.2) is 0 Å². The third-order valence-corrected chi connectivity index (χ3v) is 3.84. The fourth-order valence-corrected chi connectivity index (χ4v) is 2.83. The maximum Gasteiger partial charge on any atom is 0.142 e. The van der Waals surface area contributed by atoms with E-state index in [0.717, 1.165) is 19.3 Å². The molecule has 1 N–H and O–H groups in total. The van der Waals surface area contributed by atoms with Crippen molar-refractivity contribution in [2.75, 3.05) is 0 Å². The molecule has 0 saturated carbocycles. The van der Waals surface area contributed by atoms with Crippen molar-refractivity contribution in [1.29, 1.82) is 0 Å². The Hall–Kier alpha value is -0.310. The lowest BCUT2D eigenvalue weighted by atomic mass is 10.0. The summed E-state index contributed by atoms with van der Waals surface area (Å²) in [6.45, 7) is 6.25. The fourth-order valence-electron chi connectivity index (χ4n) is 2.13. The molecule has 0 aliphatic rings. The monoisotopic (exact) mass is 291 g/mol. The van der Waals surface area contributed by atoms with Gasteiger partial charge in [0.2, 0.25) is 0 Å². The maximum atomic E-state index is 13.5. The van der Waals surface area contributed by atoms with E-state index in [0.29, 0.717) is 16.6 Å². The van der Waals surface area contributed by atoms with Crippen LogP contribution in [0.4, 0.5) is 4.39 Å². The molecule has 1 aromatic carbocycles. The van der Waals surface area contributed by atoms with Crippen molar-refractivity contribution in [2.24, 2.45) is 0 Å². The van der Waals surface area contributed by atoms with E-state index in [9.17, 15) is 4.39 Å². The van der Waals surface area contributed by atoms with Crippen molar-refractivity contribution in [3.63, 3.8) is 0 Å². The van der Waals surface area contributed by atoms with Crippen LogP contribution in [0, 0.1) is 5.82 Å². The van der Waals surface area contributed by atoms with Crippen LogP contribution in [0.2, 0.25) is 10.0 Å². The van der Waals surface area contributed by atoms with Gasteiger partial charge >= 0.3 is 0 Å². The molecule has 0 heterocycles. The molecule has 2 atom stereocenters. The highest BCUT2D eigenvalue weighted by molar-refractivity contribution is 6.36. The van der Waals surface area contributed by atoms with Gasteiger partial charge in [0.25, 0.3) is 0 Å². The molecule has 0 spiro atoms. The zero-order chi connectivity index (χ0) is 13.7. The number of hydrogen-bond donors (Lipinski definition) is 1. The molecule has 102 valence electrons. The lowest BCUT2D eigenvalue weighted by Gasteiger charge is -2.23. The summed E-state index contributed by atoms with van der Waals surface area (Å²) in [5, 5.41) is 4.08. The molecule has 1 nitrogen and oxygen atoms in total. The van der Waals surface area contributed by atoms with E-state index >= 15 is 0 Å². The van der Waals surface area contributed by atoms with E-state index < -0.39 is 5.82 Å². The first kappa shape index (κ1) is 15.7. The van der Waals surface area contributed by atoms with Crippen LogP contribution in [-0.4, -0.2) is 6.04 Å². The molecular weight excluding hydrogens is 272 g/mol. The van der Waals surface area contributed by atoms with Crippen LogP contribution in [-0.2, 0) is 0 Å².